The highest BCUT2D eigenvalue weighted by atomic mass is 32.1. The van der Waals surface area contributed by atoms with E-state index in [0.717, 1.165) is 41.8 Å². The molecular formula is C27H27FN4O3S. The molecule has 0 spiro atoms. The molecule has 7 nitrogen and oxygen atoms in total. The van der Waals surface area contributed by atoms with Gasteiger partial charge in [-0.25, -0.2) is 18.9 Å². The lowest BCUT2D eigenvalue weighted by Gasteiger charge is -2.26. The molecule has 3 heterocycles. The third-order valence-electron chi connectivity index (χ3n) is 6.08. The van der Waals surface area contributed by atoms with Crippen LogP contribution in [0.5, 0.6) is 5.75 Å². The largest absolute Gasteiger partial charge is 0.487 e. The lowest BCUT2D eigenvalue weighted by Crippen LogP contribution is -2.25. The third-order valence-corrected chi connectivity index (χ3v) is 6.99. The smallest absolute Gasteiger partial charge is 0.339 e. The van der Waals surface area contributed by atoms with Gasteiger partial charge in [0.05, 0.1) is 11.8 Å². The van der Waals surface area contributed by atoms with Crippen LogP contribution < -0.4 is 10.1 Å². The van der Waals surface area contributed by atoms with Gasteiger partial charge in [-0.05, 0) is 61.2 Å². The molecule has 0 unspecified atom stereocenters. The number of carboxylic acids is 1. The standard InChI is InChI=1S/C27H27FN4O3S/c1-16(2)11-19-14-25(30-26-21(27(33)34)12-17(15-29-26)24-7-4-10-36-24)31-32(19)18-8-9-22(28)23(13-18)35-20-5-3-6-20/h4,7-10,12-16,20H,3,5-6,11H2,1-2H3,(H,33,34)(H,29,30,31). The summed E-state index contributed by atoms with van der Waals surface area (Å²) in [6, 6.07) is 12.0. The minimum atomic E-state index is -1.08. The average Bonchev–Trinajstić information content (AvgIpc) is 3.48. The Bertz CT molecular complexity index is 1380. The molecule has 1 aromatic carbocycles. The molecule has 36 heavy (non-hydrogen) atoms. The van der Waals surface area contributed by atoms with Crippen molar-refractivity contribution in [1.29, 1.82) is 0 Å². The zero-order valence-corrected chi connectivity index (χ0v) is 20.9. The number of carbonyl (C=O) groups is 1. The maximum atomic E-state index is 14.4. The van der Waals surface area contributed by atoms with Crippen molar-refractivity contribution in [3.63, 3.8) is 0 Å². The SMILES string of the molecule is CC(C)Cc1cc(Nc2ncc(-c3cccs3)cc2C(=O)O)nn1-c1ccc(F)c(OC2CCC2)c1. The maximum absolute atomic E-state index is 14.4. The second kappa shape index (κ2) is 10.1. The number of aromatic nitrogens is 3. The fourth-order valence-electron chi connectivity index (χ4n) is 4.08. The number of nitrogens with one attached hydrogen (secondary N) is 1. The van der Waals surface area contributed by atoms with E-state index in [4.69, 9.17) is 4.74 Å². The summed E-state index contributed by atoms with van der Waals surface area (Å²) in [6.07, 6.45) is 5.39. The van der Waals surface area contributed by atoms with Gasteiger partial charge in [0.2, 0.25) is 0 Å². The summed E-state index contributed by atoms with van der Waals surface area (Å²) in [5.41, 5.74) is 2.37. The van der Waals surface area contributed by atoms with Crippen molar-refractivity contribution in [3.05, 3.63) is 71.1 Å². The first kappa shape index (κ1) is 24.0. The molecular weight excluding hydrogens is 479 g/mol. The predicted octanol–water partition coefficient (Wildman–Crippen LogP) is 6.71. The van der Waals surface area contributed by atoms with Gasteiger partial charge in [-0.2, -0.15) is 0 Å². The first-order valence-electron chi connectivity index (χ1n) is 12.0. The Kier molecular flexibility index (Phi) is 6.73. The van der Waals surface area contributed by atoms with E-state index in [1.165, 1.54) is 17.4 Å². The number of hydrogen-bond acceptors (Lipinski definition) is 6. The van der Waals surface area contributed by atoms with Crippen LogP contribution in [-0.2, 0) is 6.42 Å². The molecule has 5 rings (SSSR count). The molecule has 0 bridgehead atoms. The molecule has 2 N–H and O–H groups in total. The second-order valence-electron chi connectivity index (χ2n) is 9.34. The number of anilines is 2. The number of carboxylic acid groups (broad SMARTS) is 1. The Balaban J connectivity index is 1.48. The van der Waals surface area contributed by atoms with E-state index < -0.39 is 11.8 Å². The quantitative estimate of drug-likeness (QED) is 0.262. The van der Waals surface area contributed by atoms with Crippen LogP contribution in [0.3, 0.4) is 0 Å². The van der Waals surface area contributed by atoms with E-state index in [2.05, 4.69) is 29.2 Å². The highest BCUT2D eigenvalue weighted by molar-refractivity contribution is 7.13. The number of nitrogens with zero attached hydrogens (tertiary/aromatic N) is 3. The van der Waals surface area contributed by atoms with E-state index in [9.17, 15) is 14.3 Å². The molecule has 0 amide bonds. The highest BCUT2D eigenvalue weighted by Gasteiger charge is 2.22. The molecule has 0 radical (unpaired) electrons. The van der Waals surface area contributed by atoms with Gasteiger partial charge in [0, 0.05) is 34.5 Å². The molecule has 0 atom stereocenters. The normalized spacial score (nSPS) is 13.6. The number of ether oxygens (including phenoxy) is 1. The number of rotatable bonds is 9. The Labute approximate surface area is 212 Å². The molecule has 3 aromatic heterocycles. The fourth-order valence-corrected chi connectivity index (χ4v) is 4.79. The zero-order chi connectivity index (χ0) is 25.2. The highest BCUT2D eigenvalue weighted by Crippen LogP contribution is 2.31. The van der Waals surface area contributed by atoms with Crippen molar-refractivity contribution in [1.82, 2.24) is 14.8 Å². The molecule has 1 fully saturated rings. The van der Waals surface area contributed by atoms with Crippen LogP contribution in [0, 0.1) is 11.7 Å². The Morgan fingerprint density at radius 1 is 1.28 bits per heavy atom. The van der Waals surface area contributed by atoms with Gasteiger partial charge >= 0.3 is 5.97 Å². The topological polar surface area (TPSA) is 89.3 Å². The van der Waals surface area contributed by atoms with Crippen LogP contribution >= 0.6 is 11.3 Å². The van der Waals surface area contributed by atoms with Gasteiger partial charge in [-0.1, -0.05) is 19.9 Å². The van der Waals surface area contributed by atoms with Crippen molar-refractivity contribution in [2.24, 2.45) is 5.92 Å². The van der Waals surface area contributed by atoms with E-state index in [-0.39, 0.29) is 23.2 Å². The molecule has 1 saturated carbocycles. The van der Waals surface area contributed by atoms with Gasteiger partial charge in [-0.3, -0.25) is 0 Å². The van der Waals surface area contributed by atoms with Crippen molar-refractivity contribution in [2.75, 3.05) is 5.32 Å². The lowest BCUT2D eigenvalue weighted by molar-refractivity contribution is 0.0697. The Morgan fingerprint density at radius 3 is 2.78 bits per heavy atom. The Hall–Kier alpha value is -3.72. The summed E-state index contributed by atoms with van der Waals surface area (Å²) in [4.78, 5) is 17.3. The summed E-state index contributed by atoms with van der Waals surface area (Å²) >= 11 is 1.52. The first-order valence-corrected chi connectivity index (χ1v) is 12.8. The molecule has 1 aliphatic carbocycles. The first-order chi connectivity index (χ1) is 17.4. The number of benzene rings is 1. The maximum Gasteiger partial charge on any atom is 0.339 e. The molecule has 186 valence electrons. The van der Waals surface area contributed by atoms with E-state index in [1.54, 1.807) is 29.1 Å². The van der Waals surface area contributed by atoms with E-state index in [0.29, 0.717) is 17.4 Å². The summed E-state index contributed by atoms with van der Waals surface area (Å²) in [5, 5.41) is 19.5. The number of halogens is 1. The van der Waals surface area contributed by atoms with Crippen molar-refractivity contribution in [3.8, 4) is 21.9 Å². The van der Waals surface area contributed by atoms with Crippen molar-refractivity contribution < 1.29 is 19.0 Å². The van der Waals surface area contributed by atoms with Crippen molar-refractivity contribution >= 4 is 28.9 Å². The van der Waals surface area contributed by atoms with E-state index in [1.807, 2.05) is 23.6 Å². The van der Waals surface area contributed by atoms with Crippen LogP contribution in [0.25, 0.3) is 16.1 Å². The average molecular weight is 507 g/mol. The molecule has 4 aromatic rings. The van der Waals surface area contributed by atoms with Crippen molar-refractivity contribution in [2.45, 2.75) is 45.6 Å². The monoisotopic (exact) mass is 506 g/mol. The van der Waals surface area contributed by atoms with Crippen LogP contribution in [0.4, 0.5) is 16.0 Å². The van der Waals surface area contributed by atoms with Crippen LogP contribution in [0.15, 0.2) is 54.0 Å². The number of pyridine rings is 1. The van der Waals surface area contributed by atoms with Gasteiger partial charge in [0.25, 0.3) is 0 Å². The summed E-state index contributed by atoms with van der Waals surface area (Å²) in [5.74, 6) is -0.259. The van der Waals surface area contributed by atoms with Crippen LogP contribution in [0.2, 0.25) is 0 Å². The second-order valence-corrected chi connectivity index (χ2v) is 10.3. The van der Waals surface area contributed by atoms with Gasteiger partial charge < -0.3 is 15.2 Å². The third kappa shape index (κ3) is 5.11. The minimum Gasteiger partial charge on any atom is -0.487 e. The summed E-state index contributed by atoms with van der Waals surface area (Å²) in [6.45, 7) is 4.21. The van der Waals surface area contributed by atoms with Gasteiger partial charge in [0.1, 0.15) is 11.4 Å². The molecule has 0 aliphatic heterocycles. The molecule has 1 aliphatic rings. The molecule has 0 saturated heterocycles. The Morgan fingerprint density at radius 2 is 2.11 bits per heavy atom. The summed E-state index contributed by atoms with van der Waals surface area (Å²) < 4.78 is 22.0. The fraction of sp³-hybridized carbons (Fsp3) is 0.296. The predicted molar refractivity (Wildman–Crippen MR) is 138 cm³/mol. The number of hydrogen-bond donors (Lipinski definition) is 2. The molecule has 9 heteroatoms. The minimum absolute atomic E-state index is 0.0531. The van der Waals surface area contributed by atoms with Crippen LogP contribution in [0.1, 0.15) is 49.2 Å². The number of aromatic carboxylic acids is 1. The lowest BCUT2D eigenvalue weighted by atomic mass is 9.96. The van der Waals surface area contributed by atoms with E-state index >= 15 is 0 Å². The van der Waals surface area contributed by atoms with Gasteiger partial charge in [0.15, 0.2) is 17.4 Å². The van der Waals surface area contributed by atoms with Crippen LogP contribution in [-0.4, -0.2) is 31.9 Å². The zero-order valence-electron chi connectivity index (χ0n) is 20.1. The summed E-state index contributed by atoms with van der Waals surface area (Å²) in [7, 11) is 0. The number of thiophene rings is 1. The van der Waals surface area contributed by atoms with Gasteiger partial charge in [-0.15, -0.1) is 16.4 Å².